The van der Waals surface area contributed by atoms with Crippen molar-refractivity contribution in [2.24, 2.45) is 0 Å². The fraction of sp³-hybridized carbons (Fsp3) is 0.393. The molecule has 216 valence electrons. The van der Waals surface area contributed by atoms with Crippen LogP contribution in [0.5, 0.6) is 5.75 Å². The fourth-order valence-corrected chi connectivity index (χ4v) is 7.49. The second-order valence-corrected chi connectivity index (χ2v) is 13.0. The summed E-state index contributed by atoms with van der Waals surface area (Å²) < 4.78 is 33.0. The van der Waals surface area contributed by atoms with E-state index in [0.29, 0.717) is 28.6 Å². The summed E-state index contributed by atoms with van der Waals surface area (Å²) in [5, 5.41) is 5.71. The molecule has 13 heteroatoms. The predicted molar refractivity (Wildman–Crippen MR) is 160 cm³/mol. The van der Waals surface area contributed by atoms with Crippen molar-refractivity contribution in [3.63, 3.8) is 0 Å². The van der Waals surface area contributed by atoms with Crippen molar-refractivity contribution < 1.29 is 12.6 Å². The molecule has 1 aliphatic carbocycles. The zero-order chi connectivity index (χ0) is 28.7. The Hall–Kier alpha value is -2.96. The van der Waals surface area contributed by atoms with Gasteiger partial charge in [-0.15, -0.1) is 0 Å². The number of nitrogens with two attached hydrogens (primary N) is 1. The lowest BCUT2D eigenvalue weighted by Crippen LogP contribution is -2.49. The van der Waals surface area contributed by atoms with Crippen LogP contribution >= 0.6 is 23.2 Å². The smallest absolute Gasteiger partial charge is 0.340 e. The molecule has 0 bridgehead atoms. The van der Waals surface area contributed by atoms with E-state index in [1.807, 2.05) is 4.68 Å². The SMILES string of the molecule is CN1CCN([C@H]2CC[C@@H](n3nc(-c4ccc(OS(=O)(=O)c5cccc(Cl)c5Cl)cc4)c4c(N)ncnc43)CC2)CC1. The second kappa shape index (κ2) is 11.4. The Bertz CT molecular complexity index is 1660. The van der Waals surface area contributed by atoms with Gasteiger partial charge in [-0.1, -0.05) is 29.3 Å². The van der Waals surface area contributed by atoms with E-state index in [-0.39, 0.29) is 26.7 Å². The Balaban J connectivity index is 1.24. The van der Waals surface area contributed by atoms with Crippen LogP contribution in [-0.2, 0) is 10.1 Å². The van der Waals surface area contributed by atoms with Crippen molar-refractivity contribution in [1.29, 1.82) is 0 Å². The van der Waals surface area contributed by atoms with Gasteiger partial charge in [0.05, 0.1) is 21.5 Å². The lowest BCUT2D eigenvalue weighted by molar-refractivity contribution is 0.0815. The molecule has 3 heterocycles. The molecule has 2 fully saturated rings. The molecule has 1 aliphatic heterocycles. The highest BCUT2D eigenvalue weighted by atomic mass is 35.5. The average molecular weight is 617 g/mol. The van der Waals surface area contributed by atoms with Crippen LogP contribution in [0.2, 0.25) is 10.0 Å². The van der Waals surface area contributed by atoms with E-state index >= 15 is 0 Å². The predicted octanol–water partition coefficient (Wildman–Crippen LogP) is 4.88. The number of likely N-dealkylation sites (N-methyl/N-ethyl adjacent to an activating group) is 1. The third kappa shape index (κ3) is 5.61. The van der Waals surface area contributed by atoms with Crippen LogP contribution in [0, 0.1) is 0 Å². The number of piperazine rings is 1. The molecule has 4 aromatic rings. The number of benzene rings is 2. The van der Waals surface area contributed by atoms with Crippen LogP contribution in [0.4, 0.5) is 5.82 Å². The Morgan fingerprint density at radius 1 is 0.927 bits per heavy atom. The molecule has 0 atom stereocenters. The molecular formula is C28H31Cl2N7O3S. The highest BCUT2D eigenvalue weighted by molar-refractivity contribution is 7.87. The topological polar surface area (TPSA) is 119 Å². The summed E-state index contributed by atoms with van der Waals surface area (Å²) in [6.45, 7) is 4.48. The van der Waals surface area contributed by atoms with Crippen molar-refractivity contribution in [3.05, 3.63) is 58.8 Å². The van der Waals surface area contributed by atoms with Crippen molar-refractivity contribution >= 4 is 50.2 Å². The van der Waals surface area contributed by atoms with Gasteiger partial charge in [0.1, 0.15) is 28.5 Å². The molecule has 0 unspecified atom stereocenters. The highest BCUT2D eigenvalue weighted by Crippen LogP contribution is 2.38. The zero-order valence-electron chi connectivity index (χ0n) is 22.6. The molecule has 2 aliphatic rings. The number of fused-ring (bicyclic) bond motifs is 1. The van der Waals surface area contributed by atoms with Crippen LogP contribution < -0.4 is 9.92 Å². The van der Waals surface area contributed by atoms with Gasteiger partial charge in [-0.05, 0) is 69.1 Å². The normalized spacial score (nSPS) is 20.9. The van der Waals surface area contributed by atoms with E-state index in [2.05, 4.69) is 26.8 Å². The maximum Gasteiger partial charge on any atom is 0.340 e. The van der Waals surface area contributed by atoms with Gasteiger partial charge in [0, 0.05) is 37.8 Å². The third-order valence-corrected chi connectivity index (χ3v) is 10.3. The first-order valence-electron chi connectivity index (χ1n) is 13.6. The maximum atomic E-state index is 12.8. The van der Waals surface area contributed by atoms with Gasteiger partial charge in [0.15, 0.2) is 5.65 Å². The van der Waals surface area contributed by atoms with E-state index in [1.165, 1.54) is 24.5 Å². The molecule has 6 rings (SSSR count). The average Bonchev–Trinajstić information content (AvgIpc) is 3.36. The maximum absolute atomic E-state index is 12.8. The lowest BCUT2D eigenvalue weighted by atomic mass is 9.90. The monoisotopic (exact) mass is 615 g/mol. The summed E-state index contributed by atoms with van der Waals surface area (Å²) in [5.41, 5.74) is 8.42. The van der Waals surface area contributed by atoms with Gasteiger partial charge in [0.25, 0.3) is 0 Å². The van der Waals surface area contributed by atoms with Crippen molar-refractivity contribution in [3.8, 4) is 17.0 Å². The van der Waals surface area contributed by atoms with Crippen LogP contribution in [0.3, 0.4) is 0 Å². The minimum absolute atomic E-state index is 0.0872. The van der Waals surface area contributed by atoms with Gasteiger partial charge in [-0.3, -0.25) is 4.90 Å². The Morgan fingerprint density at radius 3 is 2.32 bits per heavy atom. The minimum Gasteiger partial charge on any atom is -0.383 e. The number of nitrogens with zero attached hydrogens (tertiary/aromatic N) is 6. The fourth-order valence-electron chi connectivity index (χ4n) is 5.82. The second-order valence-electron chi connectivity index (χ2n) is 10.7. The van der Waals surface area contributed by atoms with Gasteiger partial charge in [0.2, 0.25) is 0 Å². The highest BCUT2D eigenvalue weighted by Gasteiger charge is 2.31. The summed E-state index contributed by atoms with van der Waals surface area (Å²) in [4.78, 5) is 13.6. The molecule has 0 amide bonds. The molecule has 1 saturated heterocycles. The molecule has 0 spiro atoms. The van der Waals surface area contributed by atoms with Gasteiger partial charge < -0.3 is 14.8 Å². The van der Waals surface area contributed by atoms with E-state index in [4.69, 9.17) is 38.2 Å². The van der Waals surface area contributed by atoms with E-state index < -0.39 is 10.1 Å². The molecule has 2 N–H and O–H groups in total. The number of hydrogen-bond acceptors (Lipinski definition) is 9. The summed E-state index contributed by atoms with van der Waals surface area (Å²) >= 11 is 12.1. The number of rotatable bonds is 6. The lowest BCUT2D eigenvalue weighted by Gasteiger charge is -2.41. The molecule has 0 radical (unpaired) electrons. The molecule has 41 heavy (non-hydrogen) atoms. The number of nitrogen functional groups attached to an aromatic ring is 1. The van der Waals surface area contributed by atoms with Crippen molar-refractivity contribution in [2.75, 3.05) is 39.0 Å². The number of hydrogen-bond donors (Lipinski definition) is 1. The Kier molecular flexibility index (Phi) is 7.82. The third-order valence-electron chi connectivity index (χ3n) is 8.10. The van der Waals surface area contributed by atoms with Gasteiger partial charge in [-0.2, -0.15) is 13.5 Å². The molecule has 2 aromatic heterocycles. The quantitative estimate of drug-likeness (QED) is 0.302. The van der Waals surface area contributed by atoms with Crippen LogP contribution in [0.1, 0.15) is 31.7 Å². The van der Waals surface area contributed by atoms with E-state index in [0.717, 1.165) is 57.4 Å². The Morgan fingerprint density at radius 2 is 1.61 bits per heavy atom. The summed E-state index contributed by atoms with van der Waals surface area (Å²) in [6.07, 6.45) is 5.71. The van der Waals surface area contributed by atoms with Gasteiger partial charge >= 0.3 is 10.1 Å². The van der Waals surface area contributed by atoms with E-state index in [1.54, 1.807) is 24.3 Å². The van der Waals surface area contributed by atoms with Crippen LogP contribution in [0.15, 0.2) is 53.7 Å². The summed E-state index contributed by atoms with van der Waals surface area (Å²) in [5.74, 6) is 0.473. The van der Waals surface area contributed by atoms with Gasteiger partial charge in [-0.25, -0.2) is 14.6 Å². The first kappa shape index (κ1) is 28.2. The van der Waals surface area contributed by atoms with Crippen molar-refractivity contribution in [1.82, 2.24) is 29.5 Å². The minimum atomic E-state index is -4.19. The summed E-state index contributed by atoms with van der Waals surface area (Å²) in [7, 11) is -2.01. The largest absolute Gasteiger partial charge is 0.383 e. The number of anilines is 1. The summed E-state index contributed by atoms with van der Waals surface area (Å²) in [6, 6.07) is 11.8. The molecule has 1 saturated carbocycles. The first-order valence-corrected chi connectivity index (χ1v) is 15.8. The van der Waals surface area contributed by atoms with Crippen LogP contribution in [0.25, 0.3) is 22.3 Å². The number of halogens is 2. The molecule has 2 aromatic carbocycles. The van der Waals surface area contributed by atoms with Crippen molar-refractivity contribution in [2.45, 2.75) is 42.7 Å². The van der Waals surface area contributed by atoms with E-state index in [9.17, 15) is 8.42 Å². The molecular weight excluding hydrogens is 585 g/mol. The Labute approximate surface area is 249 Å². The first-order chi connectivity index (χ1) is 19.7. The zero-order valence-corrected chi connectivity index (χ0v) is 24.9. The molecule has 10 nitrogen and oxygen atoms in total. The standard InChI is InChI=1S/C28H31Cl2N7O3S/c1-35-13-15-36(16-14-35)19-7-9-20(10-8-19)37-28-24(27(31)32-17-33-28)26(34-37)18-5-11-21(12-6-18)40-41(38,39)23-4-2-3-22(29)25(23)30/h2-6,11-12,17,19-20H,7-10,13-16H2,1H3,(H2,31,32,33)/t19-,20+. The van der Waals surface area contributed by atoms with Crippen LogP contribution in [-0.4, -0.2) is 77.2 Å². The number of aromatic nitrogens is 4.